The predicted octanol–water partition coefficient (Wildman–Crippen LogP) is 2.77. The second kappa shape index (κ2) is 6.49. The number of nitrogens with two attached hydrogens (primary N) is 1. The van der Waals surface area contributed by atoms with Crippen LogP contribution in [0.25, 0.3) is 0 Å². The van der Waals surface area contributed by atoms with E-state index in [1.165, 1.54) is 64.6 Å². The Labute approximate surface area is 95.2 Å². The zero-order chi connectivity index (χ0) is 11.1. The Morgan fingerprint density at radius 2 is 1.73 bits per heavy atom. The summed E-state index contributed by atoms with van der Waals surface area (Å²) in [5.41, 5.74) is 6.60. The average molecular weight is 212 g/mol. The van der Waals surface area contributed by atoms with Crippen molar-refractivity contribution in [3.8, 4) is 0 Å². The van der Waals surface area contributed by atoms with Crippen molar-refractivity contribution in [1.82, 2.24) is 4.90 Å². The first-order valence-corrected chi connectivity index (χ1v) is 6.71. The molecule has 1 aliphatic carbocycles. The molecular weight excluding hydrogens is 184 g/mol. The van der Waals surface area contributed by atoms with Crippen LogP contribution in [0.4, 0.5) is 0 Å². The van der Waals surface area contributed by atoms with E-state index in [1.807, 2.05) is 0 Å². The van der Waals surface area contributed by atoms with Gasteiger partial charge in [-0.1, -0.05) is 33.1 Å². The monoisotopic (exact) mass is 212 g/mol. The Kier molecular flexibility index (Phi) is 5.62. The van der Waals surface area contributed by atoms with Crippen molar-refractivity contribution in [2.24, 2.45) is 5.73 Å². The van der Waals surface area contributed by atoms with Gasteiger partial charge in [0.25, 0.3) is 0 Å². The molecule has 0 saturated heterocycles. The Morgan fingerprint density at radius 1 is 1.07 bits per heavy atom. The number of hydrogen-bond donors (Lipinski definition) is 1. The smallest absolute Gasteiger partial charge is 0.0166 e. The molecule has 0 unspecified atom stereocenters. The van der Waals surface area contributed by atoms with Crippen molar-refractivity contribution in [2.75, 3.05) is 19.6 Å². The minimum Gasteiger partial charge on any atom is -0.325 e. The van der Waals surface area contributed by atoms with Gasteiger partial charge < -0.3 is 10.6 Å². The van der Waals surface area contributed by atoms with Gasteiger partial charge in [0.1, 0.15) is 0 Å². The number of hydrogen-bond acceptors (Lipinski definition) is 2. The van der Waals surface area contributed by atoms with E-state index in [0.29, 0.717) is 0 Å². The molecule has 0 spiro atoms. The van der Waals surface area contributed by atoms with E-state index in [-0.39, 0.29) is 5.54 Å². The molecule has 0 aromatic rings. The highest BCUT2D eigenvalue weighted by atomic mass is 15.1. The zero-order valence-electron chi connectivity index (χ0n) is 10.6. The normalized spacial score (nSPS) is 20.8. The summed E-state index contributed by atoms with van der Waals surface area (Å²) in [5.74, 6) is 0. The molecular formula is C13H28N2. The summed E-state index contributed by atoms with van der Waals surface area (Å²) in [4.78, 5) is 2.53. The fraction of sp³-hybridized carbons (Fsp3) is 1.00. The van der Waals surface area contributed by atoms with Gasteiger partial charge in [0, 0.05) is 5.54 Å². The van der Waals surface area contributed by atoms with Crippen LogP contribution in [0, 0.1) is 0 Å². The highest BCUT2D eigenvalue weighted by Gasteiger charge is 2.27. The van der Waals surface area contributed by atoms with E-state index in [4.69, 9.17) is 5.73 Å². The third kappa shape index (κ3) is 4.52. The average Bonchev–Trinajstić information content (AvgIpc) is 2.25. The summed E-state index contributed by atoms with van der Waals surface area (Å²) in [5, 5.41) is 0. The van der Waals surface area contributed by atoms with Crippen LogP contribution in [0.5, 0.6) is 0 Å². The summed E-state index contributed by atoms with van der Waals surface area (Å²) >= 11 is 0. The molecule has 1 saturated carbocycles. The fourth-order valence-corrected chi connectivity index (χ4v) is 2.63. The molecule has 1 fully saturated rings. The summed E-state index contributed by atoms with van der Waals surface area (Å²) in [6.45, 7) is 8.10. The first kappa shape index (κ1) is 13.0. The van der Waals surface area contributed by atoms with Crippen molar-refractivity contribution in [3.63, 3.8) is 0 Å². The van der Waals surface area contributed by atoms with Gasteiger partial charge >= 0.3 is 0 Å². The van der Waals surface area contributed by atoms with Crippen LogP contribution in [0.3, 0.4) is 0 Å². The Balaban J connectivity index is 2.26. The minimum atomic E-state index is 0.166. The molecule has 0 bridgehead atoms. The van der Waals surface area contributed by atoms with E-state index < -0.39 is 0 Å². The molecule has 2 nitrogen and oxygen atoms in total. The molecule has 0 amide bonds. The van der Waals surface area contributed by atoms with E-state index in [1.54, 1.807) is 0 Å². The quantitative estimate of drug-likeness (QED) is 0.733. The van der Waals surface area contributed by atoms with Crippen LogP contribution in [0.1, 0.15) is 58.8 Å². The van der Waals surface area contributed by atoms with Gasteiger partial charge in [-0.05, 0) is 45.3 Å². The van der Waals surface area contributed by atoms with Crippen molar-refractivity contribution < 1.29 is 0 Å². The topological polar surface area (TPSA) is 29.3 Å². The third-order valence-corrected chi connectivity index (χ3v) is 3.76. The molecule has 0 aromatic heterocycles. The first-order valence-electron chi connectivity index (χ1n) is 6.71. The van der Waals surface area contributed by atoms with E-state index in [9.17, 15) is 0 Å². The molecule has 0 heterocycles. The molecule has 0 radical (unpaired) electrons. The van der Waals surface area contributed by atoms with Crippen LogP contribution in [-0.2, 0) is 0 Å². The highest BCUT2D eigenvalue weighted by molar-refractivity contribution is 4.87. The Hall–Kier alpha value is -0.0800. The van der Waals surface area contributed by atoms with Crippen LogP contribution in [-0.4, -0.2) is 30.1 Å². The molecule has 2 heteroatoms. The van der Waals surface area contributed by atoms with Crippen molar-refractivity contribution >= 4 is 0 Å². The second-order valence-electron chi connectivity index (χ2n) is 5.11. The standard InChI is InChI=1S/C13H28N2/c1-3-11-15(4-2)12-10-13(14)8-6-5-7-9-13/h3-12,14H2,1-2H3. The van der Waals surface area contributed by atoms with Crippen LogP contribution in [0.15, 0.2) is 0 Å². The summed E-state index contributed by atoms with van der Waals surface area (Å²) < 4.78 is 0. The Morgan fingerprint density at radius 3 is 2.27 bits per heavy atom. The van der Waals surface area contributed by atoms with Crippen LogP contribution >= 0.6 is 0 Å². The highest BCUT2D eigenvalue weighted by Crippen LogP contribution is 2.28. The fourth-order valence-electron chi connectivity index (χ4n) is 2.63. The molecule has 90 valence electrons. The lowest BCUT2D eigenvalue weighted by Gasteiger charge is -2.35. The minimum absolute atomic E-state index is 0.166. The number of rotatable bonds is 6. The second-order valence-corrected chi connectivity index (χ2v) is 5.11. The van der Waals surface area contributed by atoms with Gasteiger partial charge in [-0.15, -0.1) is 0 Å². The Bertz CT molecular complexity index is 162. The maximum Gasteiger partial charge on any atom is 0.0166 e. The molecule has 15 heavy (non-hydrogen) atoms. The molecule has 0 aliphatic heterocycles. The first-order chi connectivity index (χ1) is 7.20. The van der Waals surface area contributed by atoms with Crippen LogP contribution in [0.2, 0.25) is 0 Å². The van der Waals surface area contributed by atoms with E-state index in [0.717, 1.165) is 0 Å². The molecule has 1 aliphatic rings. The lowest BCUT2D eigenvalue weighted by molar-refractivity contribution is 0.213. The summed E-state index contributed by atoms with van der Waals surface area (Å²) in [6, 6.07) is 0. The maximum absolute atomic E-state index is 6.43. The van der Waals surface area contributed by atoms with Gasteiger partial charge in [-0.2, -0.15) is 0 Å². The SMILES string of the molecule is CCCN(CC)CCC1(N)CCCCC1. The van der Waals surface area contributed by atoms with Gasteiger partial charge in [0.05, 0.1) is 0 Å². The third-order valence-electron chi connectivity index (χ3n) is 3.76. The molecule has 1 rings (SSSR count). The van der Waals surface area contributed by atoms with Gasteiger partial charge in [0.2, 0.25) is 0 Å². The summed E-state index contributed by atoms with van der Waals surface area (Å²) in [6.07, 6.45) is 9.03. The van der Waals surface area contributed by atoms with Crippen molar-refractivity contribution in [1.29, 1.82) is 0 Å². The van der Waals surface area contributed by atoms with Crippen LogP contribution < -0.4 is 5.73 Å². The van der Waals surface area contributed by atoms with Crippen molar-refractivity contribution in [3.05, 3.63) is 0 Å². The zero-order valence-corrected chi connectivity index (χ0v) is 10.6. The largest absolute Gasteiger partial charge is 0.325 e. The lowest BCUT2D eigenvalue weighted by Crippen LogP contribution is -2.44. The lowest BCUT2D eigenvalue weighted by atomic mass is 9.80. The summed E-state index contributed by atoms with van der Waals surface area (Å²) in [7, 11) is 0. The molecule has 0 aromatic carbocycles. The van der Waals surface area contributed by atoms with E-state index >= 15 is 0 Å². The van der Waals surface area contributed by atoms with E-state index in [2.05, 4.69) is 18.7 Å². The van der Waals surface area contributed by atoms with Gasteiger partial charge in [-0.3, -0.25) is 0 Å². The predicted molar refractivity (Wildman–Crippen MR) is 67.0 cm³/mol. The van der Waals surface area contributed by atoms with Gasteiger partial charge in [-0.25, -0.2) is 0 Å². The maximum atomic E-state index is 6.43. The molecule has 2 N–H and O–H groups in total. The molecule has 0 atom stereocenters. The number of nitrogens with zero attached hydrogens (tertiary/aromatic N) is 1. The van der Waals surface area contributed by atoms with Gasteiger partial charge in [0.15, 0.2) is 0 Å². The van der Waals surface area contributed by atoms with Crippen molar-refractivity contribution in [2.45, 2.75) is 64.3 Å².